The molecule has 8 heteroatoms. The van der Waals surface area contributed by atoms with Crippen LogP contribution in [0.15, 0.2) is 58.9 Å². The lowest BCUT2D eigenvalue weighted by Gasteiger charge is -2.17. The van der Waals surface area contributed by atoms with Crippen molar-refractivity contribution in [2.45, 2.75) is 6.18 Å². The maximum absolute atomic E-state index is 13.1. The number of fused-ring (bicyclic) bond motifs is 1. The quantitative estimate of drug-likeness (QED) is 0.829. The van der Waals surface area contributed by atoms with E-state index in [9.17, 15) is 18.0 Å². The third kappa shape index (κ3) is 3.44. The number of alkyl halides is 3. The van der Waals surface area contributed by atoms with Crippen molar-refractivity contribution in [3.8, 4) is 0 Å². The molecule has 2 aliphatic heterocycles. The molecule has 0 aliphatic carbocycles. The van der Waals surface area contributed by atoms with Crippen molar-refractivity contribution in [1.29, 1.82) is 0 Å². The standard InChI is InChI=1S/C19H14F3N3OS/c20-19(21,22)15-4-2-1-3-14(15)17(26)24-13-7-5-12(6-8-13)16-11-27-18-23-9-10-25(16)18/h1-8,11H,9-10H2,(H,24,26). The topological polar surface area (TPSA) is 44.7 Å². The van der Waals surface area contributed by atoms with Gasteiger partial charge < -0.3 is 10.2 Å². The Hall–Kier alpha value is -2.74. The average Bonchev–Trinajstić information content (AvgIpc) is 3.25. The Balaban J connectivity index is 1.51. The maximum Gasteiger partial charge on any atom is 0.417 e. The summed E-state index contributed by atoms with van der Waals surface area (Å²) in [5, 5.41) is 5.53. The zero-order valence-electron chi connectivity index (χ0n) is 14.0. The minimum atomic E-state index is -4.58. The molecule has 2 aromatic carbocycles. The molecular formula is C19H14F3N3OS. The van der Waals surface area contributed by atoms with Crippen molar-refractivity contribution in [3.63, 3.8) is 0 Å². The molecule has 2 aliphatic rings. The summed E-state index contributed by atoms with van der Waals surface area (Å²) < 4.78 is 39.2. The van der Waals surface area contributed by atoms with Crippen LogP contribution in [0.5, 0.6) is 0 Å². The molecule has 0 radical (unpaired) electrons. The van der Waals surface area contributed by atoms with Gasteiger partial charge in [-0.05, 0) is 29.8 Å². The van der Waals surface area contributed by atoms with Crippen LogP contribution in [0.25, 0.3) is 5.70 Å². The van der Waals surface area contributed by atoms with Crippen LogP contribution < -0.4 is 5.32 Å². The van der Waals surface area contributed by atoms with Crippen molar-refractivity contribution in [1.82, 2.24) is 4.90 Å². The lowest BCUT2D eigenvalue weighted by molar-refractivity contribution is -0.137. The van der Waals surface area contributed by atoms with E-state index in [1.165, 1.54) is 18.2 Å². The highest BCUT2D eigenvalue weighted by Crippen LogP contribution is 2.36. The molecule has 0 atom stereocenters. The fraction of sp³-hybridized carbons (Fsp3) is 0.158. The second-order valence-electron chi connectivity index (χ2n) is 6.01. The highest BCUT2D eigenvalue weighted by molar-refractivity contribution is 8.16. The number of thioether (sulfide) groups is 1. The fourth-order valence-electron chi connectivity index (χ4n) is 3.00. The Kier molecular flexibility index (Phi) is 4.43. The molecular weight excluding hydrogens is 375 g/mol. The van der Waals surface area contributed by atoms with Crippen LogP contribution >= 0.6 is 11.8 Å². The van der Waals surface area contributed by atoms with E-state index in [4.69, 9.17) is 0 Å². The summed E-state index contributed by atoms with van der Waals surface area (Å²) in [7, 11) is 0. The van der Waals surface area contributed by atoms with Crippen LogP contribution in [0.1, 0.15) is 21.5 Å². The number of amides is 1. The monoisotopic (exact) mass is 389 g/mol. The molecule has 0 unspecified atom stereocenters. The van der Waals surface area contributed by atoms with Gasteiger partial charge in [0.05, 0.1) is 23.4 Å². The normalized spacial score (nSPS) is 16.0. The minimum Gasteiger partial charge on any atom is -0.322 e. The first-order valence-electron chi connectivity index (χ1n) is 8.20. The first-order valence-corrected chi connectivity index (χ1v) is 9.08. The number of nitrogens with one attached hydrogen (secondary N) is 1. The van der Waals surface area contributed by atoms with E-state index in [0.717, 1.165) is 35.6 Å². The Morgan fingerprint density at radius 3 is 2.59 bits per heavy atom. The molecule has 138 valence electrons. The molecule has 2 aromatic rings. The predicted octanol–water partition coefficient (Wildman–Crippen LogP) is 4.67. The zero-order valence-corrected chi connectivity index (χ0v) is 14.8. The van der Waals surface area contributed by atoms with Crippen molar-refractivity contribution < 1.29 is 18.0 Å². The number of nitrogens with zero attached hydrogens (tertiary/aromatic N) is 2. The Morgan fingerprint density at radius 2 is 1.85 bits per heavy atom. The van der Waals surface area contributed by atoms with Gasteiger partial charge in [0.15, 0.2) is 5.17 Å². The number of benzene rings is 2. The van der Waals surface area contributed by atoms with Gasteiger partial charge in [-0.15, -0.1) is 0 Å². The van der Waals surface area contributed by atoms with E-state index < -0.39 is 23.2 Å². The average molecular weight is 389 g/mol. The van der Waals surface area contributed by atoms with Gasteiger partial charge in [-0.1, -0.05) is 36.0 Å². The molecule has 0 aromatic heterocycles. The van der Waals surface area contributed by atoms with Crippen LogP contribution in [-0.2, 0) is 6.18 Å². The number of carbonyl (C=O) groups excluding carboxylic acids is 1. The van der Waals surface area contributed by atoms with E-state index >= 15 is 0 Å². The molecule has 0 saturated heterocycles. The van der Waals surface area contributed by atoms with E-state index in [-0.39, 0.29) is 0 Å². The van der Waals surface area contributed by atoms with Crippen LogP contribution in [-0.4, -0.2) is 29.1 Å². The summed E-state index contributed by atoms with van der Waals surface area (Å²) in [6, 6.07) is 11.8. The highest BCUT2D eigenvalue weighted by atomic mass is 32.2. The number of hydrogen-bond donors (Lipinski definition) is 1. The highest BCUT2D eigenvalue weighted by Gasteiger charge is 2.34. The summed E-state index contributed by atoms with van der Waals surface area (Å²) in [5.74, 6) is -0.791. The van der Waals surface area contributed by atoms with Crippen LogP contribution in [0.4, 0.5) is 18.9 Å². The van der Waals surface area contributed by atoms with Crippen LogP contribution in [0.2, 0.25) is 0 Å². The smallest absolute Gasteiger partial charge is 0.322 e. The zero-order chi connectivity index (χ0) is 19.0. The molecule has 4 nitrogen and oxygen atoms in total. The number of aliphatic imine (C=N–C) groups is 1. The number of rotatable bonds is 3. The lowest BCUT2D eigenvalue weighted by atomic mass is 10.1. The number of anilines is 1. The minimum absolute atomic E-state index is 0.401. The summed E-state index contributed by atoms with van der Waals surface area (Å²) in [5.41, 5.74) is 1.08. The number of carbonyl (C=O) groups is 1. The molecule has 0 fully saturated rings. The molecule has 0 spiro atoms. The molecule has 1 amide bonds. The summed E-state index contributed by atoms with van der Waals surface area (Å²) in [6.07, 6.45) is -4.58. The third-order valence-corrected chi connectivity index (χ3v) is 5.19. The predicted molar refractivity (Wildman–Crippen MR) is 100 cm³/mol. The first kappa shape index (κ1) is 17.7. The van der Waals surface area contributed by atoms with Gasteiger partial charge in [-0.3, -0.25) is 9.79 Å². The van der Waals surface area contributed by atoms with Crippen molar-refractivity contribution >= 4 is 34.2 Å². The Morgan fingerprint density at radius 1 is 1.11 bits per heavy atom. The van der Waals surface area contributed by atoms with Crippen LogP contribution in [0.3, 0.4) is 0 Å². The third-order valence-electron chi connectivity index (χ3n) is 4.28. The lowest BCUT2D eigenvalue weighted by Crippen LogP contribution is -2.20. The van der Waals surface area contributed by atoms with Gasteiger partial charge in [0, 0.05) is 17.6 Å². The summed E-state index contributed by atoms with van der Waals surface area (Å²) >= 11 is 1.57. The molecule has 0 bridgehead atoms. The van der Waals surface area contributed by atoms with Gasteiger partial charge in [0.25, 0.3) is 5.91 Å². The molecule has 2 heterocycles. The van der Waals surface area contributed by atoms with E-state index in [1.807, 2.05) is 17.5 Å². The van der Waals surface area contributed by atoms with Crippen molar-refractivity contribution in [2.24, 2.45) is 4.99 Å². The van der Waals surface area contributed by atoms with Gasteiger partial charge in [-0.25, -0.2) is 0 Å². The van der Waals surface area contributed by atoms with E-state index in [1.54, 1.807) is 23.9 Å². The Bertz CT molecular complexity index is 951. The Labute approximate surface area is 157 Å². The second kappa shape index (κ2) is 6.77. The SMILES string of the molecule is O=C(Nc1ccc(C2=CSC3=NCCN23)cc1)c1ccccc1C(F)(F)F. The van der Waals surface area contributed by atoms with Gasteiger partial charge in [-0.2, -0.15) is 13.2 Å². The van der Waals surface area contributed by atoms with E-state index in [2.05, 4.69) is 15.2 Å². The van der Waals surface area contributed by atoms with E-state index in [0.29, 0.717) is 5.69 Å². The van der Waals surface area contributed by atoms with Gasteiger partial charge in [0.2, 0.25) is 0 Å². The molecule has 1 N–H and O–H groups in total. The molecule has 4 rings (SSSR count). The van der Waals surface area contributed by atoms with Crippen LogP contribution in [0, 0.1) is 0 Å². The summed E-state index contributed by atoms with van der Waals surface area (Å²) in [6.45, 7) is 1.60. The fourth-order valence-corrected chi connectivity index (χ4v) is 3.96. The number of amidine groups is 1. The summed E-state index contributed by atoms with van der Waals surface area (Å²) in [4.78, 5) is 18.8. The molecule has 27 heavy (non-hydrogen) atoms. The largest absolute Gasteiger partial charge is 0.417 e. The maximum atomic E-state index is 13.1. The van der Waals surface area contributed by atoms with Gasteiger partial charge >= 0.3 is 6.18 Å². The second-order valence-corrected chi connectivity index (χ2v) is 6.85. The first-order chi connectivity index (χ1) is 12.9. The van der Waals surface area contributed by atoms with Gasteiger partial charge in [0.1, 0.15) is 0 Å². The van der Waals surface area contributed by atoms with Crippen molar-refractivity contribution in [2.75, 3.05) is 18.4 Å². The number of hydrogen-bond acceptors (Lipinski definition) is 4. The molecule has 0 saturated carbocycles. The van der Waals surface area contributed by atoms with Crippen molar-refractivity contribution in [3.05, 3.63) is 70.6 Å². The number of halogens is 3.